The molecule has 32 heavy (non-hydrogen) atoms. The van der Waals surface area contributed by atoms with Crippen LogP contribution in [0.25, 0.3) is 10.4 Å². The van der Waals surface area contributed by atoms with E-state index in [1.807, 2.05) is 41.5 Å². The fourth-order valence-electron chi connectivity index (χ4n) is 3.27. The van der Waals surface area contributed by atoms with Crippen molar-refractivity contribution in [3.8, 4) is 5.75 Å². The number of sulfonamides is 1. The van der Waals surface area contributed by atoms with Crippen molar-refractivity contribution in [1.82, 2.24) is 0 Å². The molecule has 0 saturated heterocycles. The highest BCUT2D eigenvalue weighted by molar-refractivity contribution is 7.90. The number of nitrogens with zero attached hydrogens (tertiary/aromatic N) is 4. The van der Waals surface area contributed by atoms with Crippen LogP contribution in [0.1, 0.15) is 58.2 Å². The summed E-state index contributed by atoms with van der Waals surface area (Å²) in [5.74, 6) is 0.197. The number of carbonyl (C=O) groups is 1. The maximum Gasteiger partial charge on any atom is 0.412 e. The van der Waals surface area contributed by atoms with E-state index in [0.717, 1.165) is 4.90 Å². The van der Waals surface area contributed by atoms with Gasteiger partial charge < -0.3 is 10.2 Å². The molecule has 0 radical (unpaired) electrons. The van der Waals surface area contributed by atoms with E-state index in [9.17, 15) is 23.4 Å². The van der Waals surface area contributed by atoms with E-state index in [1.165, 1.54) is 24.3 Å². The standard InChI is InChI=1S/C22H28N4O5S/c1-21(2,3)17-11-14(12-18(19(17)27)22(4,5)6)13-26(20(28)29)15-7-9-16(10-8-15)32(30,31)25-24-23/h7-12,27H,13H2,1-6H3,(H,28,29). The zero-order valence-electron chi connectivity index (χ0n) is 19.0. The van der Waals surface area contributed by atoms with Crippen molar-refractivity contribution in [2.75, 3.05) is 4.90 Å². The lowest BCUT2D eigenvalue weighted by molar-refractivity contribution is 0.201. The fraction of sp³-hybridized carbons (Fsp3) is 0.409. The van der Waals surface area contributed by atoms with Crippen molar-refractivity contribution in [1.29, 1.82) is 0 Å². The summed E-state index contributed by atoms with van der Waals surface area (Å²) < 4.78 is 26.5. The number of amides is 1. The molecule has 0 heterocycles. The number of hydrogen-bond acceptors (Lipinski definition) is 4. The van der Waals surface area contributed by atoms with E-state index in [4.69, 9.17) is 5.53 Å². The quantitative estimate of drug-likeness (QED) is 0.335. The third-order valence-electron chi connectivity index (χ3n) is 4.95. The van der Waals surface area contributed by atoms with Crippen LogP contribution >= 0.6 is 0 Å². The first-order valence-electron chi connectivity index (χ1n) is 9.86. The summed E-state index contributed by atoms with van der Waals surface area (Å²) in [6.07, 6.45) is -1.22. The number of hydrogen-bond donors (Lipinski definition) is 2. The molecule has 9 nitrogen and oxygen atoms in total. The predicted molar refractivity (Wildman–Crippen MR) is 122 cm³/mol. The lowest BCUT2D eigenvalue weighted by atomic mass is 9.78. The smallest absolute Gasteiger partial charge is 0.412 e. The summed E-state index contributed by atoms with van der Waals surface area (Å²) in [5, 5.41) is 20.7. The molecule has 0 aliphatic rings. The van der Waals surface area contributed by atoms with Crippen molar-refractivity contribution in [3.05, 3.63) is 63.5 Å². The van der Waals surface area contributed by atoms with Gasteiger partial charge in [-0.2, -0.15) is 0 Å². The van der Waals surface area contributed by atoms with Crippen LogP contribution in [0.3, 0.4) is 0 Å². The Bertz CT molecular complexity index is 1140. The first kappa shape index (κ1) is 25.0. The molecule has 2 aromatic carbocycles. The molecule has 0 atom stereocenters. The largest absolute Gasteiger partial charge is 0.507 e. The Morgan fingerprint density at radius 3 is 1.88 bits per heavy atom. The third-order valence-corrected chi connectivity index (χ3v) is 6.10. The zero-order chi connectivity index (χ0) is 24.5. The van der Waals surface area contributed by atoms with Gasteiger partial charge in [0.1, 0.15) is 5.75 Å². The molecule has 2 aromatic rings. The number of phenolic OH excluding ortho intramolecular Hbond substituents is 1. The molecule has 0 bridgehead atoms. The predicted octanol–water partition coefficient (Wildman–Crippen LogP) is 5.67. The number of azide groups is 1. The van der Waals surface area contributed by atoms with Crippen LogP contribution in [-0.4, -0.2) is 24.7 Å². The molecule has 0 aromatic heterocycles. The van der Waals surface area contributed by atoms with Crippen molar-refractivity contribution in [2.24, 2.45) is 4.52 Å². The Balaban J connectivity index is 2.55. The van der Waals surface area contributed by atoms with Gasteiger partial charge in [0, 0.05) is 15.1 Å². The van der Waals surface area contributed by atoms with Crippen molar-refractivity contribution < 1.29 is 23.4 Å². The van der Waals surface area contributed by atoms with E-state index in [1.54, 1.807) is 12.1 Å². The van der Waals surface area contributed by atoms with Crippen LogP contribution in [-0.2, 0) is 27.4 Å². The molecule has 0 spiro atoms. The Labute approximate surface area is 188 Å². The number of benzene rings is 2. The van der Waals surface area contributed by atoms with Gasteiger partial charge in [0.2, 0.25) is 0 Å². The van der Waals surface area contributed by atoms with Crippen LogP contribution in [0.15, 0.2) is 45.8 Å². The molecule has 172 valence electrons. The van der Waals surface area contributed by atoms with Gasteiger partial charge >= 0.3 is 6.09 Å². The molecule has 0 aliphatic heterocycles. The number of carboxylic acid groups (broad SMARTS) is 1. The molecule has 1 amide bonds. The first-order valence-corrected chi connectivity index (χ1v) is 11.3. The van der Waals surface area contributed by atoms with Crippen LogP contribution in [0.5, 0.6) is 5.75 Å². The first-order chi connectivity index (χ1) is 14.6. The maximum absolute atomic E-state index is 12.0. The van der Waals surface area contributed by atoms with E-state index >= 15 is 0 Å². The van der Waals surface area contributed by atoms with Crippen LogP contribution in [0.2, 0.25) is 0 Å². The summed E-state index contributed by atoms with van der Waals surface area (Å²) >= 11 is 0. The van der Waals surface area contributed by atoms with Gasteiger partial charge in [0.05, 0.1) is 11.4 Å². The van der Waals surface area contributed by atoms with Crippen molar-refractivity contribution in [2.45, 2.75) is 63.8 Å². The minimum Gasteiger partial charge on any atom is -0.507 e. The van der Waals surface area contributed by atoms with Gasteiger partial charge in [-0.25, -0.2) is 13.2 Å². The second kappa shape index (κ2) is 8.72. The summed E-state index contributed by atoms with van der Waals surface area (Å²) in [4.78, 5) is 15.2. The highest BCUT2D eigenvalue weighted by Crippen LogP contribution is 2.40. The topological polar surface area (TPSA) is 144 Å². The Morgan fingerprint density at radius 2 is 1.50 bits per heavy atom. The number of anilines is 1. The molecule has 0 aliphatic carbocycles. The fourth-order valence-corrected chi connectivity index (χ4v) is 3.94. The van der Waals surface area contributed by atoms with E-state index in [0.29, 0.717) is 16.7 Å². The number of phenols is 1. The highest BCUT2D eigenvalue weighted by atomic mass is 32.2. The average molecular weight is 461 g/mol. The summed E-state index contributed by atoms with van der Waals surface area (Å²) in [7, 11) is -4.17. The molecule has 0 saturated carbocycles. The Kier molecular flexibility index (Phi) is 6.82. The average Bonchev–Trinajstić information content (AvgIpc) is 2.65. The van der Waals surface area contributed by atoms with Gasteiger partial charge in [-0.15, -0.1) is 0 Å². The summed E-state index contributed by atoms with van der Waals surface area (Å²) in [5.41, 5.74) is 10.0. The van der Waals surface area contributed by atoms with Gasteiger partial charge in [-0.3, -0.25) is 4.90 Å². The zero-order valence-corrected chi connectivity index (χ0v) is 19.8. The maximum atomic E-state index is 12.0. The van der Waals surface area contributed by atoms with Crippen LogP contribution in [0.4, 0.5) is 10.5 Å². The van der Waals surface area contributed by atoms with E-state index < -0.39 is 16.1 Å². The highest BCUT2D eigenvalue weighted by Gasteiger charge is 2.27. The van der Waals surface area contributed by atoms with Gasteiger partial charge in [0.25, 0.3) is 10.0 Å². The molecular weight excluding hydrogens is 432 g/mol. The molecule has 2 rings (SSSR count). The molecule has 10 heteroatoms. The third kappa shape index (κ3) is 5.52. The molecule has 0 unspecified atom stereocenters. The number of rotatable bonds is 5. The Hall–Kier alpha value is -3.23. The lowest BCUT2D eigenvalue weighted by Gasteiger charge is -2.29. The molecule has 0 fully saturated rings. The molecule has 2 N–H and O–H groups in total. The monoisotopic (exact) mass is 460 g/mol. The van der Waals surface area contributed by atoms with Gasteiger partial charge in [-0.05, 0) is 69.4 Å². The van der Waals surface area contributed by atoms with Gasteiger partial charge in [-0.1, -0.05) is 41.5 Å². The minimum atomic E-state index is -4.17. The summed E-state index contributed by atoms with van der Waals surface area (Å²) in [6.45, 7) is 11.8. The van der Waals surface area contributed by atoms with Crippen LogP contribution in [0, 0.1) is 0 Å². The minimum absolute atomic E-state index is 0.00970. The van der Waals surface area contributed by atoms with Crippen LogP contribution < -0.4 is 4.90 Å². The second-order valence-corrected chi connectivity index (χ2v) is 11.1. The van der Waals surface area contributed by atoms with Gasteiger partial charge in [0.15, 0.2) is 0 Å². The Morgan fingerprint density at radius 1 is 1.03 bits per heavy atom. The van der Waals surface area contributed by atoms with E-state index in [-0.39, 0.29) is 33.7 Å². The normalized spacial score (nSPS) is 12.2. The SMILES string of the molecule is CC(C)(C)c1cc(CN(C(=O)O)c2ccc(S(=O)(=O)N=[N+]=[N-])cc2)cc(C(C)(C)C)c1O. The van der Waals surface area contributed by atoms with E-state index in [2.05, 4.69) is 9.43 Å². The molecular formula is C22H28N4O5S. The second-order valence-electron chi connectivity index (χ2n) is 9.55. The number of aromatic hydroxyl groups is 1. The summed E-state index contributed by atoms with van der Waals surface area (Å²) in [6, 6.07) is 8.63. The van der Waals surface area contributed by atoms with Crippen molar-refractivity contribution in [3.63, 3.8) is 0 Å². The van der Waals surface area contributed by atoms with Crippen molar-refractivity contribution >= 4 is 21.8 Å². The lowest BCUT2D eigenvalue weighted by Crippen LogP contribution is -2.29.